The Hall–Kier alpha value is -3.13. The summed E-state index contributed by atoms with van der Waals surface area (Å²) >= 11 is 1.36. The molecule has 33 heavy (non-hydrogen) atoms. The van der Waals surface area contributed by atoms with Crippen LogP contribution in [0.1, 0.15) is 44.2 Å². The van der Waals surface area contributed by atoms with Crippen LogP contribution in [0, 0.1) is 10.1 Å². The van der Waals surface area contributed by atoms with Gasteiger partial charge in [0.2, 0.25) is 5.91 Å². The minimum Gasteiger partial charge on any atom is -0.339 e. The van der Waals surface area contributed by atoms with Crippen LogP contribution in [0.4, 0.5) is 5.69 Å². The second kappa shape index (κ2) is 10.7. The van der Waals surface area contributed by atoms with Crippen molar-refractivity contribution >= 4 is 34.8 Å². The number of carbonyl (C=O) groups is 2. The minimum atomic E-state index is -0.420. The summed E-state index contributed by atoms with van der Waals surface area (Å²) in [6, 6.07) is 12.7. The third-order valence-electron chi connectivity index (χ3n) is 5.75. The molecular weight excluding hydrogens is 438 g/mol. The summed E-state index contributed by atoms with van der Waals surface area (Å²) in [5.74, 6) is 0.0969. The van der Waals surface area contributed by atoms with E-state index in [1.54, 1.807) is 21.9 Å². The SMILES string of the molecule is C=C(C(=O)N1CCN(C(=O)CC)CC1)c1ccc(Sc2ccccc2C(C)C)c([N+](=O)[O-])c1. The van der Waals surface area contributed by atoms with Gasteiger partial charge in [-0.25, -0.2) is 0 Å². The Morgan fingerprint density at radius 2 is 1.70 bits per heavy atom. The molecule has 1 heterocycles. The molecule has 0 aliphatic carbocycles. The lowest BCUT2D eigenvalue weighted by Crippen LogP contribution is -2.50. The molecule has 7 nitrogen and oxygen atoms in total. The van der Waals surface area contributed by atoms with Gasteiger partial charge >= 0.3 is 0 Å². The highest BCUT2D eigenvalue weighted by atomic mass is 32.2. The maximum atomic E-state index is 13.0. The quantitative estimate of drug-likeness (QED) is 0.326. The molecule has 8 heteroatoms. The zero-order valence-electron chi connectivity index (χ0n) is 19.2. The molecule has 0 bridgehead atoms. The fraction of sp³-hybridized carbons (Fsp3) is 0.360. The van der Waals surface area contributed by atoms with Gasteiger partial charge < -0.3 is 9.80 Å². The number of hydrogen-bond acceptors (Lipinski definition) is 5. The Balaban J connectivity index is 1.79. The van der Waals surface area contributed by atoms with Crippen molar-refractivity contribution in [3.05, 3.63) is 70.3 Å². The fourth-order valence-electron chi connectivity index (χ4n) is 3.80. The highest BCUT2D eigenvalue weighted by Crippen LogP contribution is 2.39. The molecule has 2 aromatic carbocycles. The van der Waals surface area contributed by atoms with Gasteiger partial charge in [0.1, 0.15) is 0 Å². The van der Waals surface area contributed by atoms with Crippen molar-refractivity contribution in [1.29, 1.82) is 0 Å². The van der Waals surface area contributed by atoms with Crippen molar-refractivity contribution in [2.45, 2.75) is 42.9 Å². The standard InChI is InChI=1S/C25H29N3O4S/c1-5-24(29)26-12-14-27(15-13-26)25(30)18(4)19-10-11-23(21(16-19)28(31)32)33-22-9-7-6-8-20(22)17(2)3/h6-11,16-17H,4-5,12-15H2,1-3H3. The van der Waals surface area contributed by atoms with E-state index in [-0.39, 0.29) is 29.0 Å². The first-order chi connectivity index (χ1) is 15.7. The third-order valence-corrected chi connectivity index (χ3v) is 6.90. The first-order valence-corrected chi connectivity index (χ1v) is 11.9. The van der Waals surface area contributed by atoms with Gasteiger partial charge in [-0.3, -0.25) is 19.7 Å². The van der Waals surface area contributed by atoms with Gasteiger partial charge in [-0.15, -0.1) is 0 Å². The summed E-state index contributed by atoms with van der Waals surface area (Å²) in [4.78, 5) is 41.1. The highest BCUT2D eigenvalue weighted by molar-refractivity contribution is 7.99. The summed E-state index contributed by atoms with van der Waals surface area (Å²) in [6.07, 6.45) is 0.441. The van der Waals surface area contributed by atoms with E-state index in [0.29, 0.717) is 43.1 Å². The molecule has 0 radical (unpaired) electrons. The van der Waals surface area contributed by atoms with Crippen LogP contribution in [-0.4, -0.2) is 52.7 Å². The van der Waals surface area contributed by atoms with E-state index >= 15 is 0 Å². The predicted octanol–water partition coefficient (Wildman–Crippen LogP) is 4.96. The van der Waals surface area contributed by atoms with Crippen LogP contribution in [-0.2, 0) is 9.59 Å². The molecule has 1 fully saturated rings. The van der Waals surface area contributed by atoms with E-state index in [4.69, 9.17) is 0 Å². The summed E-state index contributed by atoms with van der Waals surface area (Å²) in [5, 5.41) is 11.8. The van der Waals surface area contributed by atoms with Gasteiger partial charge in [-0.2, -0.15) is 0 Å². The normalized spacial score (nSPS) is 13.8. The smallest absolute Gasteiger partial charge is 0.283 e. The Kier molecular flexibility index (Phi) is 7.92. The number of rotatable bonds is 7. The molecule has 0 unspecified atom stereocenters. The van der Waals surface area contributed by atoms with Crippen molar-refractivity contribution in [2.75, 3.05) is 26.2 Å². The van der Waals surface area contributed by atoms with Crippen LogP contribution in [0.5, 0.6) is 0 Å². The van der Waals surface area contributed by atoms with E-state index in [1.807, 2.05) is 31.2 Å². The molecule has 0 aromatic heterocycles. The molecule has 174 valence electrons. The number of nitrogens with zero attached hydrogens (tertiary/aromatic N) is 3. The first-order valence-electron chi connectivity index (χ1n) is 11.0. The number of nitro benzene ring substituents is 1. The Labute approximate surface area is 198 Å². The highest BCUT2D eigenvalue weighted by Gasteiger charge is 2.26. The Morgan fingerprint density at radius 1 is 1.06 bits per heavy atom. The van der Waals surface area contributed by atoms with Gasteiger partial charge in [0, 0.05) is 49.1 Å². The molecule has 2 amide bonds. The molecule has 0 saturated carbocycles. The van der Waals surface area contributed by atoms with Crippen LogP contribution in [0.15, 0.2) is 58.8 Å². The van der Waals surface area contributed by atoms with Crippen molar-refractivity contribution in [3.8, 4) is 0 Å². The van der Waals surface area contributed by atoms with E-state index < -0.39 is 4.92 Å². The largest absolute Gasteiger partial charge is 0.339 e. The summed E-state index contributed by atoms with van der Waals surface area (Å²) in [6.45, 7) is 11.7. The Bertz CT molecular complexity index is 1080. The number of benzene rings is 2. The van der Waals surface area contributed by atoms with Crippen LogP contribution in [0.2, 0.25) is 0 Å². The number of nitro groups is 1. The van der Waals surface area contributed by atoms with Crippen molar-refractivity contribution in [3.63, 3.8) is 0 Å². The average Bonchev–Trinajstić information content (AvgIpc) is 2.83. The second-order valence-electron chi connectivity index (χ2n) is 8.24. The van der Waals surface area contributed by atoms with Gasteiger partial charge in [0.05, 0.1) is 9.82 Å². The van der Waals surface area contributed by atoms with Crippen LogP contribution >= 0.6 is 11.8 Å². The molecule has 0 spiro atoms. The van der Waals surface area contributed by atoms with Gasteiger partial charge in [-0.05, 0) is 29.2 Å². The van der Waals surface area contributed by atoms with E-state index in [2.05, 4.69) is 20.4 Å². The average molecular weight is 468 g/mol. The monoisotopic (exact) mass is 467 g/mol. The number of piperazine rings is 1. The van der Waals surface area contributed by atoms with Crippen molar-refractivity contribution in [2.24, 2.45) is 0 Å². The lowest BCUT2D eigenvalue weighted by molar-refractivity contribution is -0.387. The van der Waals surface area contributed by atoms with Crippen molar-refractivity contribution in [1.82, 2.24) is 9.80 Å². The zero-order chi connectivity index (χ0) is 24.1. The number of carbonyl (C=O) groups excluding carboxylic acids is 2. The number of amides is 2. The Morgan fingerprint density at radius 3 is 2.30 bits per heavy atom. The molecule has 3 rings (SSSR count). The van der Waals surface area contributed by atoms with Crippen molar-refractivity contribution < 1.29 is 14.5 Å². The van der Waals surface area contributed by atoms with E-state index in [1.165, 1.54) is 17.8 Å². The lowest BCUT2D eigenvalue weighted by atomic mass is 10.0. The molecule has 2 aromatic rings. The molecule has 1 aliphatic heterocycles. The molecule has 0 atom stereocenters. The zero-order valence-corrected chi connectivity index (χ0v) is 20.1. The summed E-state index contributed by atoms with van der Waals surface area (Å²) < 4.78 is 0. The topological polar surface area (TPSA) is 83.8 Å². The van der Waals surface area contributed by atoms with Gasteiger partial charge in [0.25, 0.3) is 11.6 Å². The molecular formula is C25H29N3O4S. The van der Waals surface area contributed by atoms with E-state index in [9.17, 15) is 19.7 Å². The third kappa shape index (κ3) is 5.63. The second-order valence-corrected chi connectivity index (χ2v) is 9.32. The maximum Gasteiger partial charge on any atom is 0.283 e. The lowest BCUT2D eigenvalue weighted by Gasteiger charge is -2.35. The molecule has 1 saturated heterocycles. The van der Waals surface area contributed by atoms with Crippen LogP contribution in [0.3, 0.4) is 0 Å². The summed E-state index contributed by atoms with van der Waals surface area (Å²) in [7, 11) is 0. The minimum absolute atomic E-state index is 0.0524. The molecule has 0 N–H and O–H groups in total. The predicted molar refractivity (Wildman–Crippen MR) is 130 cm³/mol. The maximum absolute atomic E-state index is 13.0. The number of hydrogen-bond donors (Lipinski definition) is 0. The molecule has 1 aliphatic rings. The van der Waals surface area contributed by atoms with Crippen LogP contribution < -0.4 is 0 Å². The van der Waals surface area contributed by atoms with Gasteiger partial charge in [-0.1, -0.05) is 63.4 Å². The fourth-order valence-corrected chi connectivity index (χ4v) is 4.98. The first kappa shape index (κ1) is 24.5. The summed E-state index contributed by atoms with van der Waals surface area (Å²) in [5.41, 5.74) is 1.72. The van der Waals surface area contributed by atoms with Gasteiger partial charge in [0.15, 0.2) is 0 Å². The van der Waals surface area contributed by atoms with Crippen LogP contribution in [0.25, 0.3) is 5.57 Å². The van der Waals surface area contributed by atoms with E-state index in [0.717, 1.165) is 10.5 Å².